The van der Waals surface area contributed by atoms with Crippen molar-refractivity contribution in [1.29, 1.82) is 0 Å². The van der Waals surface area contributed by atoms with Crippen molar-refractivity contribution >= 4 is 17.3 Å². The van der Waals surface area contributed by atoms with Crippen LogP contribution in [0.25, 0.3) is 0 Å². The van der Waals surface area contributed by atoms with E-state index >= 15 is 0 Å². The average molecular weight is 349 g/mol. The summed E-state index contributed by atoms with van der Waals surface area (Å²) in [5, 5.41) is 4.68. The van der Waals surface area contributed by atoms with Crippen LogP contribution in [0.2, 0.25) is 0 Å². The minimum atomic E-state index is 0.489. The number of aryl methyl sites for hydroxylation is 1. The van der Waals surface area contributed by atoms with Gasteiger partial charge in [-0.3, -0.25) is 4.99 Å². The SMILES string of the molecule is CN=C(NCc1nc(C(C)C)c(C)s1)N1CC2C3CCC(O3)C2C1. The molecule has 6 heteroatoms. The molecule has 0 aromatic carbocycles. The Kier molecular flexibility index (Phi) is 4.29. The van der Waals surface area contributed by atoms with Gasteiger partial charge in [-0.25, -0.2) is 4.98 Å². The molecule has 5 nitrogen and oxygen atoms in total. The topological polar surface area (TPSA) is 49.8 Å². The normalized spacial score (nSPS) is 32.0. The fraction of sp³-hybridized carbons (Fsp3) is 0.778. The second-order valence-corrected chi connectivity index (χ2v) is 8.92. The van der Waals surface area contributed by atoms with Gasteiger partial charge in [0.25, 0.3) is 0 Å². The van der Waals surface area contributed by atoms with Crippen molar-refractivity contribution in [2.75, 3.05) is 20.1 Å². The molecule has 1 aromatic rings. The summed E-state index contributed by atoms with van der Waals surface area (Å²) in [6.07, 6.45) is 3.50. The van der Waals surface area contributed by atoms with E-state index in [9.17, 15) is 0 Å². The van der Waals surface area contributed by atoms with Crippen LogP contribution >= 0.6 is 11.3 Å². The Labute approximate surface area is 148 Å². The molecule has 24 heavy (non-hydrogen) atoms. The summed E-state index contributed by atoms with van der Waals surface area (Å²) >= 11 is 1.80. The molecule has 4 atom stereocenters. The molecular formula is C18H28N4OS. The van der Waals surface area contributed by atoms with Gasteiger partial charge in [-0.15, -0.1) is 11.3 Å². The van der Waals surface area contributed by atoms with E-state index in [0.29, 0.717) is 30.0 Å². The highest BCUT2D eigenvalue weighted by Crippen LogP contribution is 2.47. The molecule has 4 unspecified atom stereocenters. The maximum absolute atomic E-state index is 6.07. The summed E-state index contributed by atoms with van der Waals surface area (Å²) in [7, 11) is 1.88. The summed E-state index contributed by atoms with van der Waals surface area (Å²) in [4.78, 5) is 13.1. The van der Waals surface area contributed by atoms with Crippen LogP contribution in [-0.2, 0) is 11.3 Å². The van der Waals surface area contributed by atoms with Crippen molar-refractivity contribution < 1.29 is 4.74 Å². The molecule has 3 saturated heterocycles. The fourth-order valence-electron chi connectivity index (χ4n) is 4.70. The minimum absolute atomic E-state index is 0.489. The van der Waals surface area contributed by atoms with Crippen LogP contribution in [0.1, 0.15) is 48.2 Å². The van der Waals surface area contributed by atoms with E-state index in [2.05, 4.69) is 36.0 Å². The van der Waals surface area contributed by atoms with Gasteiger partial charge in [0, 0.05) is 36.9 Å². The highest BCUT2D eigenvalue weighted by atomic mass is 32.1. The molecule has 4 rings (SSSR count). The predicted molar refractivity (Wildman–Crippen MR) is 97.6 cm³/mol. The Hall–Kier alpha value is -1.14. The van der Waals surface area contributed by atoms with Crippen molar-refractivity contribution in [1.82, 2.24) is 15.2 Å². The Balaban J connectivity index is 1.38. The number of hydrogen-bond acceptors (Lipinski definition) is 4. The Morgan fingerprint density at radius 1 is 1.33 bits per heavy atom. The second kappa shape index (κ2) is 6.30. The number of rotatable bonds is 3. The molecule has 3 aliphatic rings. The van der Waals surface area contributed by atoms with E-state index < -0.39 is 0 Å². The van der Waals surface area contributed by atoms with Crippen LogP contribution in [0.15, 0.2) is 4.99 Å². The van der Waals surface area contributed by atoms with Crippen LogP contribution < -0.4 is 5.32 Å². The Bertz CT molecular complexity index is 623. The van der Waals surface area contributed by atoms with Gasteiger partial charge in [-0.2, -0.15) is 0 Å². The zero-order valence-corrected chi connectivity index (χ0v) is 15.9. The Morgan fingerprint density at radius 3 is 2.54 bits per heavy atom. The lowest BCUT2D eigenvalue weighted by Crippen LogP contribution is -2.40. The molecule has 0 spiro atoms. The van der Waals surface area contributed by atoms with Gasteiger partial charge < -0.3 is 15.0 Å². The van der Waals surface area contributed by atoms with Gasteiger partial charge in [0.15, 0.2) is 5.96 Å². The van der Waals surface area contributed by atoms with E-state index in [1.165, 1.54) is 23.4 Å². The van der Waals surface area contributed by atoms with Crippen LogP contribution in [0.4, 0.5) is 0 Å². The molecule has 3 aliphatic heterocycles. The molecule has 4 heterocycles. The number of ether oxygens (including phenoxy) is 1. The molecule has 132 valence electrons. The lowest BCUT2D eigenvalue weighted by atomic mass is 9.82. The highest BCUT2D eigenvalue weighted by molar-refractivity contribution is 7.11. The lowest BCUT2D eigenvalue weighted by molar-refractivity contribution is 0.0767. The molecule has 2 bridgehead atoms. The van der Waals surface area contributed by atoms with E-state index in [1.807, 2.05) is 7.05 Å². The zero-order chi connectivity index (χ0) is 16.8. The summed E-state index contributed by atoms with van der Waals surface area (Å²) in [6, 6.07) is 0. The molecule has 0 aliphatic carbocycles. The maximum atomic E-state index is 6.07. The lowest BCUT2D eigenvalue weighted by Gasteiger charge is -2.23. The molecule has 0 amide bonds. The van der Waals surface area contributed by atoms with Gasteiger partial charge in [0.1, 0.15) is 5.01 Å². The van der Waals surface area contributed by atoms with Crippen molar-refractivity contribution in [3.05, 3.63) is 15.6 Å². The average Bonchev–Trinajstić information content (AvgIpc) is 3.28. The largest absolute Gasteiger partial charge is 0.374 e. The molecule has 1 aromatic heterocycles. The molecule has 0 saturated carbocycles. The van der Waals surface area contributed by atoms with Crippen molar-refractivity contribution in [2.45, 2.75) is 58.3 Å². The monoisotopic (exact) mass is 348 g/mol. The third-order valence-corrected chi connectivity index (χ3v) is 6.77. The standard InChI is InChI=1S/C18H28N4OS/c1-10(2)17-11(3)24-16(21-17)7-20-18(19-4)22-8-12-13(9-22)15-6-5-14(12)23-15/h10,12-15H,5-9H2,1-4H3,(H,19,20). The van der Waals surface area contributed by atoms with Gasteiger partial charge >= 0.3 is 0 Å². The third-order valence-electron chi connectivity index (χ3n) is 5.79. The van der Waals surface area contributed by atoms with Crippen molar-refractivity contribution in [2.24, 2.45) is 16.8 Å². The number of nitrogens with one attached hydrogen (secondary N) is 1. The van der Waals surface area contributed by atoms with E-state index in [-0.39, 0.29) is 0 Å². The first-order chi connectivity index (χ1) is 11.6. The third kappa shape index (κ3) is 2.73. The smallest absolute Gasteiger partial charge is 0.194 e. The summed E-state index contributed by atoms with van der Waals surface area (Å²) < 4.78 is 6.07. The molecular weight excluding hydrogens is 320 g/mol. The van der Waals surface area contributed by atoms with Crippen LogP contribution in [0, 0.1) is 18.8 Å². The van der Waals surface area contributed by atoms with Gasteiger partial charge in [-0.05, 0) is 25.7 Å². The first-order valence-corrected chi connectivity index (χ1v) is 9.95. The van der Waals surface area contributed by atoms with Gasteiger partial charge in [-0.1, -0.05) is 13.8 Å². The van der Waals surface area contributed by atoms with Crippen molar-refractivity contribution in [3.63, 3.8) is 0 Å². The first-order valence-electron chi connectivity index (χ1n) is 9.14. The highest BCUT2D eigenvalue weighted by Gasteiger charge is 2.53. The fourth-order valence-corrected chi connectivity index (χ4v) is 5.72. The van der Waals surface area contributed by atoms with Crippen LogP contribution in [-0.4, -0.2) is 48.2 Å². The number of aliphatic imine (C=N–C) groups is 1. The van der Waals surface area contributed by atoms with Gasteiger partial charge in [0.05, 0.1) is 24.4 Å². The molecule has 3 fully saturated rings. The molecule has 0 radical (unpaired) electrons. The number of guanidine groups is 1. The Morgan fingerprint density at radius 2 is 2.00 bits per heavy atom. The minimum Gasteiger partial charge on any atom is -0.374 e. The first kappa shape index (κ1) is 16.3. The second-order valence-electron chi connectivity index (χ2n) is 7.63. The number of fused-ring (bicyclic) bond motifs is 5. The van der Waals surface area contributed by atoms with E-state index in [1.54, 1.807) is 11.3 Å². The number of thiazole rings is 1. The number of hydrogen-bond donors (Lipinski definition) is 1. The van der Waals surface area contributed by atoms with Gasteiger partial charge in [0.2, 0.25) is 0 Å². The van der Waals surface area contributed by atoms with E-state index in [0.717, 1.165) is 30.6 Å². The summed E-state index contributed by atoms with van der Waals surface area (Å²) in [5.74, 6) is 2.92. The zero-order valence-electron chi connectivity index (χ0n) is 15.1. The summed E-state index contributed by atoms with van der Waals surface area (Å²) in [5.41, 5.74) is 1.23. The maximum Gasteiger partial charge on any atom is 0.194 e. The van der Waals surface area contributed by atoms with Crippen LogP contribution in [0.3, 0.4) is 0 Å². The van der Waals surface area contributed by atoms with Crippen molar-refractivity contribution in [3.8, 4) is 0 Å². The summed E-state index contributed by atoms with van der Waals surface area (Å²) in [6.45, 7) is 9.51. The quantitative estimate of drug-likeness (QED) is 0.674. The molecule has 1 N–H and O–H groups in total. The predicted octanol–water partition coefficient (Wildman–Crippen LogP) is 2.76. The number of likely N-dealkylation sites (tertiary alicyclic amines) is 1. The van der Waals surface area contributed by atoms with Crippen LogP contribution in [0.5, 0.6) is 0 Å². The number of nitrogens with zero attached hydrogens (tertiary/aromatic N) is 3. The van der Waals surface area contributed by atoms with E-state index in [4.69, 9.17) is 9.72 Å². The number of aromatic nitrogens is 1.